The van der Waals surface area contributed by atoms with Crippen molar-refractivity contribution in [3.8, 4) is 11.1 Å². The number of pyridine rings is 1. The minimum atomic E-state index is 0.190. The summed E-state index contributed by atoms with van der Waals surface area (Å²) in [5, 5.41) is 4.17. The molecule has 8 heteroatoms. The number of rotatable bonds is 3. The van der Waals surface area contributed by atoms with Crippen molar-refractivity contribution < 1.29 is 0 Å². The van der Waals surface area contributed by atoms with Crippen LogP contribution in [0, 0.1) is 0 Å². The number of anilines is 3. The van der Waals surface area contributed by atoms with Crippen LogP contribution in [0.15, 0.2) is 36.5 Å². The van der Waals surface area contributed by atoms with Crippen LogP contribution in [0.3, 0.4) is 0 Å². The lowest BCUT2D eigenvalue weighted by molar-refractivity contribution is 0.585. The molecule has 1 aromatic carbocycles. The van der Waals surface area contributed by atoms with Crippen molar-refractivity contribution in [1.29, 1.82) is 0 Å². The van der Waals surface area contributed by atoms with Crippen LogP contribution < -0.4 is 27.2 Å². The van der Waals surface area contributed by atoms with Gasteiger partial charge in [0.1, 0.15) is 5.82 Å². The third-order valence-corrected chi connectivity index (χ3v) is 4.37. The number of nitrogen functional groups attached to an aromatic ring is 2. The van der Waals surface area contributed by atoms with Crippen LogP contribution >= 0.6 is 0 Å². The van der Waals surface area contributed by atoms with Crippen molar-refractivity contribution in [2.75, 3.05) is 42.2 Å². The summed E-state index contributed by atoms with van der Waals surface area (Å²) in [6, 6.07) is 10.0. The highest BCUT2D eigenvalue weighted by molar-refractivity contribution is 5.93. The van der Waals surface area contributed by atoms with Crippen LogP contribution in [0.4, 0.5) is 17.6 Å². The van der Waals surface area contributed by atoms with Crippen molar-refractivity contribution in [3.05, 3.63) is 36.5 Å². The fourth-order valence-electron chi connectivity index (χ4n) is 3.07. The lowest BCUT2D eigenvalue weighted by Crippen LogP contribution is -2.43. The first kappa shape index (κ1) is 15.6. The highest BCUT2D eigenvalue weighted by Crippen LogP contribution is 2.28. The molecule has 0 amide bonds. The summed E-state index contributed by atoms with van der Waals surface area (Å²) in [5.74, 6) is 7.26. The Morgan fingerprint density at radius 1 is 1.04 bits per heavy atom. The average Bonchev–Trinajstić information content (AvgIpc) is 2.68. The maximum Gasteiger partial charge on any atom is 0.222 e. The van der Waals surface area contributed by atoms with E-state index in [2.05, 4.69) is 42.7 Å². The molecular formula is C17H20N8. The number of benzene rings is 1. The van der Waals surface area contributed by atoms with Gasteiger partial charge in [-0.05, 0) is 29.8 Å². The van der Waals surface area contributed by atoms with Crippen LogP contribution in [0.1, 0.15) is 0 Å². The summed E-state index contributed by atoms with van der Waals surface area (Å²) < 4.78 is 0. The first-order valence-corrected chi connectivity index (χ1v) is 8.20. The van der Waals surface area contributed by atoms with E-state index in [0.717, 1.165) is 54.0 Å². The molecule has 8 nitrogen and oxygen atoms in total. The molecule has 25 heavy (non-hydrogen) atoms. The molecule has 1 aliphatic heterocycles. The summed E-state index contributed by atoms with van der Waals surface area (Å²) in [6.07, 6.45) is 1.90. The van der Waals surface area contributed by atoms with E-state index >= 15 is 0 Å². The zero-order valence-electron chi connectivity index (χ0n) is 13.7. The molecule has 0 bridgehead atoms. The van der Waals surface area contributed by atoms with Gasteiger partial charge in [-0.25, -0.2) is 15.8 Å². The second-order valence-electron chi connectivity index (χ2n) is 5.95. The third kappa shape index (κ3) is 3.04. The van der Waals surface area contributed by atoms with Gasteiger partial charge in [0.15, 0.2) is 5.82 Å². The minimum absolute atomic E-state index is 0.190. The summed E-state index contributed by atoms with van der Waals surface area (Å²) >= 11 is 0. The Bertz CT molecular complexity index is 887. The number of piperazine rings is 1. The molecule has 3 heterocycles. The third-order valence-electron chi connectivity index (χ3n) is 4.37. The van der Waals surface area contributed by atoms with E-state index in [9.17, 15) is 0 Å². The molecule has 0 unspecified atom stereocenters. The molecule has 0 aliphatic carbocycles. The molecule has 4 rings (SSSR count). The molecule has 0 radical (unpaired) electrons. The Labute approximate surface area is 145 Å². The van der Waals surface area contributed by atoms with E-state index in [1.54, 1.807) is 0 Å². The Morgan fingerprint density at radius 2 is 1.84 bits per heavy atom. The fraction of sp³-hybridized carbons (Fsp3) is 0.235. The van der Waals surface area contributed by atoms with Crippen molar-refractivity contribution in [3.63, 3.8) is 0 Å². The predicted octanol–water partition coefficient (Wildman–Crippen LogP) is 0.969. The zero-order chi connectivity index (χ0) is 17.2. The molecule has 0 atom stereocenters. The first-order valence-electron chi connectivity index (χ1n) is 8.20. The van der Waals surface area contributed by atoms with E-state index in [-0.39, 0.29) is 5.95 Å². The van der Waals surface area contributed by atoms with Gasteiger partial charge in [-0.1, -0.05) is 6.07 Å². The quantitative estimate of drug-likeness (QED) is 0.413. The lowest BCUT2D eigenvalue weighted by Gasteiger charge is -2.28. The minimum Gasteiger partial charge on any atom is -0.368 e. The fourth-order valence-corrected chi connectivity index (χ4v) is 3.07. The van der Waals surface area contributed by atoms with Crippen LogP contribution in [-0.4, -0.2) is 41.1 Å². The molecule has 128 valence electrons. The standard InChI is InChI=1S/C17H20N8/c18-17-22-14-3-1-11(9-13(14)16(23-17)24-19)12-2-4-15(21-10-12)25-7-5-20-6-8-25/h1-4,9-10,20H,5-8,19H2,(H3,18,22,23,24). The van der Waals surface area contributed by atoms with E-state index in [1.165, 1.54) is 0 Å². The summed E-state index contributed by atoms with van der Waals surface area (Å²) in [4.78, 5) is 15.3. The van der Waals surface area contributed by atoms with Crippen molar-refractivity contribution >= 4 is 28.5 Å². The van der Waals surface area contributed by atoms with Gasteiger partial charge in [0.25, 0.3) is 0 Å². The Morgan fingerprint density at radius 3 is 2.56 bits per heavy atom. The second kappa shape index (κ2) is 6.50. The van der Waals surface area contributed by atoms with Crippen molar-refractivity contribution in [2.24, 2.45) is 5.84 Å². The SMILES string of the molecule is NNc1nc(N)nc2ccc(-c3ccc(N4CCNCC4)nc3)cc12. The van der Waals surface area contributed by atoms with Gasteiger partial charge in [0, 0.05) is 43.3 Å². The van der Waals surface area contributed by atoms with Gasteiger partial charge in [0.05, 0.1) is 5.52 Å². The van der Waals surface area contributed by atoms with Crippen molar-refractivity contribution in [1.82, 2.24) is 20.3 Å². The van der Waals surface area contributed by atoms with Crippen LogP contribution in [-0.2, 0) is 0 Å². The van der Waals surface area contributed by atoms with E-state index in [0.29, 0.717) is 5.82 Å². The molecular weight excluding hydrogens is 316 g/mol. The maximum atomic E-state index is 5.70. The van der Waals surface area contributed by atoms with Gasteiger partial charge in [-0.3, -0.25) is 0 Å². The zero-order valence-corrected chi connectivity index (χ0v) is 13.7. The van der Waals surface area contributed by atoms with Gasteiger partial charge in [-0.2, -0.15) is 4.98 Å². The number of hydrazine groups is 1. The highest BCUT2D eigenvalue weighted by Gasteiger charge is 2.12. The number of aromatic nitrogens is 3. The molecule has 6 N–H and O–H groups in total. The number of hydrogen-bond acceptors (Lipinski definition) is 8. The summed E-state index contributed by atoms with van der Waals surface area (Å²) in [7, 11) is 0. The van der Waals surface area contributed by atoms with E-state index in [4.69, 9.17) is 11.6 Å². The molecule has 0 saturated carbocycles. The van der Waals surface area contributed by atoms with E-state index < -0.39 is 0 Å². The first-order chi connectivity index (χ1) is 12.2. The molecule has 2 aromatic heterocycles. The topological polar surface area (TPSA) is 118 Å². The van der Waals surface area contributed by atoms with Gasteiger partial charge in [0.2, 0.25) is 5.95 Å². The largest absolute Gasteiger partial charge is 0.368 e. The predicted molar refractivity (Wildman–Crippen MR) is 100 cm³/mol. The maximum absolute atomic E-state index is 5.70. The van der Waals surface area contributed by atoms with Gasteiger partial charge < -0.3 is 21.4 Å². The monoisotopic (exact) mass is 336 g/mol. The average molecular weight is 336 g/mol. The Balaban J connectivity index is 1.68. The molecule has 1 aliphatic rings. The van der Waals surface area contributed by atoms with Gasteiger partial charge in [-0.15, -0.1) is 0 Å². The number of fused-ring (bicyclic) bond motifs is 1. The number of hydrogen-bond donors (Lipinski definition) is 4. The lowest BCUT2D eigenvalue weighted by atomic mass is 10.1. The van der Waals surface area contributed by atoms with Crippen LogP contribution in [0.5, 0.6) is 0 Å². The second-order valence-corrected chi connectivity index (χ2v) is 5.95. The smallest absolute Gasteiger partial charge is 0.222 e. The summed E-state index contributed by atoms with van der Waals surface area (Å²) in [6.45, 7) is 3.94. The van der Waals surface area contributed by atoms with Crippen LogP contribution in [0.2, 0.25) is 0 Å². The summed E-state index contributed by atoms with van der Waals surface area (Å²) in [5.41, 5.74) is 11.1. The normalized spacial score (nSPS) is 14.7. The molecule has 0 spiro atoms. The number of nitrogens with two attached hydrogens (primary N) is 2. The van der Waals surface area contributed by atoms with E-state index in [1.807, 2.05) is 24.4 Å². The van der Waals surface area contributed by atoms with Gasteiger partial charge >= 0.3 is 0 Å². The molecule has 1 fully saturated rings. The highest BCUT2D eigenvalue weighted by atomic mass is 15.3. The van der Waals surface area contributed by atoms with Crippen molar-refractivity contribution in [2.45, 2.75) is 0 Å². The number of nitrogens with zero attached hydrogens (tertiary/aromatic N) is 4. The number of nitrogens with one attached hydrogen (secondary N) is 2. The van der Waals surface area contributed by atoms with Crippen LogP contribution in [0.25, 0.3) is 22.0 Å². The Kier molecular flexibility index (Phi) is 4.04. The Hall–Kier alpha value is -2.97. The molecule has 1 saturated heterocycles. The molecule has 3 aromatic rings.